The van der Waals surface area contributed by atoms with Gasteiger partial charge in [0.25, 0.3) is 0 Å². The SMILES string of the molecule is Cn1cc(CCNc2ccc(I)c(Br)c2)cn1. The Morgan fingerprint density at radius 3 is 2.94 bits per heavy atom. The standard InChI is InChI=1S/C12H13BrIN3/c1-17-8-9(7-16-17)4-5-15-10-2-3-12(14)11(13)6-10/h2-3,6-8,15H,4-5H2,1H3. The lowest BCUT2D eigenvalue weighted by Crippen LogP contribution is -2.04. The van der Waals surface area contributed by atoms with Crippen LogP contribution in [0.25, 0.3) is 0 Å². The third-order valence-electron chi connectivity index (χ3n) is 2.42. The molecule has 5 heteroatoms. The summed E-state index contributed by atoms with van der Waals surface area (Å²) in [4.78, 5) is 0. The molecule has 0 radical (unpaired) electrons. The number of anilines is 1. The van der Waals surface area contributed by atoms with Crippen LogP contribution in [0.4, 0.5) is 5.69 Å². The Morgan fingerprint density at radius 1 is 1.47 bits per heavy atom. The van der Waals surface area contributed by atoms with E-state index in [1.165, 1.54) is 9.13 Å². The zero-order chi connectivity index (χ0) is 12.3. The number of aromatic nitrogens is 2. The van der Waals surface area contributed by atoms with Crippen LogP contribution in [0.15, 0.2) is 35.1 Å². The second-order valence-corrected chi connectivity index (χ2v) is 5.84. The average molecular weight is 406 g/mol. The van der Waals surface area contributed by atoms with E-state index in [0.717, 1.165) is 23.1 Å². The lowest BCUT2D eigenvalue weighted by Gasteiger charge is -2.06. The Morgan fingerprint density at radius 2 is 2.29 bits per heavy atom. The Labute approximate surface area is 123 Å². The molecular formula is C12H13BrIN3. The molecule has 17 heavy (non-hydrogen) atoms. The maximum absolute atomic E-state index is 4.15. The molecule has 1 heterocycles. The average Bonchev–Trinajstić information content (AvgIpc) is 2.70. The number of nitrogens with zero attached hydrogens (tertiary/aromatic N) is 2. The molecule has 1 N–H and O–H groups in total. The third kappa shape index (κ3) is 3.70. The summed E-state index contributed by atoms with van der Waals surface area (Å²) >= 11 is 5.83. The molecule has 0 unspecified atom stereocenters. The van der Waals surface area contributed by atoms with Crippen molar-refractivity contribution in [1.29, 1.82) is 0 Å². The summed E-state index contributed by atoms with van der Waals surface area (Å²) in [6.07, 6.45) is 4.94. The first kappa shape index (κ1) is 12.9. The molecule has 0 saturated carbocycles. The van der Waals surface area contributed by atoms with Gasteiger partial charge in [-0.15, -0.1) is 0 Å². The van der Waals surface area contributed by atoms with Crippen LogP contribution < -0.4 is 5.32 Å². The topological polar surface area (TPSA) is 29.9 Å². The minimum atomic E-state index is 0.915. The molecule has 90 valence electrons. The molecule has 1 aromatic carbocycles. The van der Waals surface area contributed by atoms with Gasteiger partial charge in [-0.25, -0.2) is 0 Å². The highest BCUT2D eigenvalue weighted by molar-refractivity contribution is 14.1. The Kier molecular flexibility index (Phi) is 4.44. The van der Waals surface area contributed by atoms with Gasteiger partial charge in [0.2, 0.25) is 0 Å². The molecule has 0 fully saturated rings. The van der Waals surface area contributed by atoms with Crippen LogP contribution in [-0.2, 0) is 13.5 Å². The van der Waals surface area contributed by atoms with Crippen molar-refractivity contribution < 1.29 is 0 Å². The van der Waals surface area contributed by atoms with Crippen molar-refractivity contribution in [1.82, 2.24) is 9.78 Å². The highest BCUT2D eigenvalue weighted by Crippen LogP contribution is 2.22. The van der Waals surface area contributed by atoms with E-state index in [4.69, 9.17) is 0 Å². The van der Waals surface area contributed by atoms with Gasteiger partial charge in [-0.2, -0.15) is 5.10 Å². The number of rotatable bonds is 4. The van der Waals surface area contributed by atoms with Gasteiger partial charge in [0.1, 0.15) is 0 Å². The normalized spacial score (nSPS) is 10.5. The molecule has 2 aromatic rings. The fraction of sp³-hybridized carbons (Fsp3) is 0.250. The van der Waals surface area contributed by atoms with Gasteiger partial charge >= 0.3 is 0 Å². The lowest BCUT2D eigenvalue weighted by atomic mass is 10.2. The first-order valence-corrected chi connectivity index (χ1v) is 7.19. The number of aryl methyl sites for hydroxylation is 1. The molecule has 0 aliphatic heterocycles. The van der Waals surface area contributed by atoms with E-state index in [1.807, 2.05) is 24.1 Å². The zero-order valence-corrected chi connectivity index (χ0v) is 13.2. The molecule has 0 atom stereocenters. The number of benzene rings is 1. The summed E-state index contributed by atoms with van der Waals surface area (Å²) < 4.78 is 4.18. The van der Waals surface area contributed by atoms with Crippen molar-refractivity contribution in [2.75, 3.05) is 11.9 Å². The Bertz CT molecular complexity index is 510. The monoisotopic (exact) mass is 405 g/mol. The Balaban J connectivity index is 1.87. The van der Waals surface area contributed by atoms with Crippen LogP contribution in [0.2, 0.25) is 0 Å². The molecule has 0 bridgehead atoms. The van der Waals surface area contributed by atoms with Gasteiger partial charge in [-0.1, -0.05) is 0 Å². The Hall–Kier alpha value is -0.560. The van der Waals surface area contributed by atoms with Crippen molar-refractivity contribution in [2.24, 2.45) is 7.05 Å². The highest BCUT2D eigenvalue weighted by Gasteiger charge is 1.99. The molecule has 0 aliphatic carbocycles. The van der Waals surface area contributed by atoms with Crippen molar-refractivity contribution in [3.05, 3.63) is 44.2 Å². The summed E-state index contributed by atoms with van der Waals surface area (Å²) in [6.45, 7) is 0.915. The van der Waals surface area contributed by atoms with Crippen LogP contribution in [0, 0.1) is 3.57 Å². The molecule has 0 aliphatic rings. The van der Waals surface area contributed by atoms with Gasteiger partial charge < -0.3 is 5.32 Å². The summed E-state index contributed by atoms with van der Waals surface area (Å²) in [5.41, 5.74) is 2.39. The molecular weight excluding hydrogens is 393 g/mol. The predicted octanol–water partition coefficient (Wildman–Crippen LogP) is 3.44. The predicted molar refractivity (Wildman–Crippen MR) is 82.3 cm³/mol. The quantitative estimate of drug-likeness (QED) is 0.789. The smallest absolute Gasteiger partial charge is 0.0522 e. The summed E-state index contributed by atoms with van der Waals surface area (Å²) in [6, 6.07) is 6.29. The summed E-state index contributed by atoms with van der Waals surface area (Å²) in [7, 11) is 1.94. The molecule has 1 aromatic heterocycles. The first-order chi connectivity index (χ1) is 8.15. The summed E-state index contributed by atoms with van der Waals surface area (Å²) in [5.74, 6) is 0. The fourth-order valence-electron chi connectivity index (χ4n) is 1.56. The van der Waals surface area contributed by atoms with Crippen LogP contribution in [0.3, 0.4) is 0 Å². The van der Waals surface area contributed by atoms with E-state index in [-0.39, 0.29) is 0 Å². The van der Waals surface area contributed by atoms with E-state index in [1.54, 1.807) is 0 Å². The van der Waals surface area contributed by atoms with Gasteiger partial charge in [0.15, 0.2) is 0 Å². The van der Waals surface area contributed by atoms with Crippen LogP contribution in [0.1, 0.15) is 5.56 Å². The van der Waals surface area contributed by atoms with E-state index >= 15 is 0 Å². The number of hydrogen-bond donors (Lipinski definition) is 1. The van der Waals surface area contributed by atoms with Crippen molar-refractivity contribution in [2.45, 2.75) is 6.42 Å². The second kappa shape index (κ2) is 5.86. The molecule has 0 spiro atoms. The van der Waals surface area contributed by atoms with Crippen LogP contribution in [-0.4, -0.2) is 16.3 Å². The number of nitrogens with one attached hydrogen (secondary N) is 1. The first-order valence-electron chi connectivity index (χ1n) is 5.31. The largest absolute Gasteiger partial charge is 0.385 e. The molecule has 3 nitrogen and oxygen atoms in total. The van der Waals surface area contributed by atoms with Crippen LogP contribution in [0.5, 0.6) is 0 Å². The maximum Gasteiger partial charge on any atom is 0.0522 e. The molecule has 0 amide bonds. The third-order valence-corrected chi connectivity index (χ3v) is 4.76. The minimum Gasteiger partial charge on any atom is -0.385 e. The van der Waals surface area contributed by atoms with Gasteiger partial charge in [-0.05, 0) is 68.7 Å². The van der Waals surface area contributed by atoms with E-state index in [9.17, 15) is 0 Å². The van der Waals surface area contributed by atoms with Crippen molar-refractivity contribution in [3.8, 4) is 0 Å². The van der Waals surface area contributed by atoms with E-state index in [2.05, 4.69) is 67.1 Å². The van der Waals surface area contributed by atoms with Crippen molar-refractivity contribution in [3.63, 3.8) is 0 Å². The number of halogens is 2. The van der Waals surface area contributed by atoms with E-state index in [0.29, 0.717) is 0 Å². The maximum atomic E-state index is 4.15. The summed E-state index contributed by atoms with van der Waals surface area (Å²) in [5, 5.41) is 7.55. The highest BCUT2D eigenvalue weighted by atomic mass is 127. The molecule has 0 saturated heterocycles. The fourth-order valence-corrected chi connectivity index (χ4v) is 2.27. The zero-order valence-electron chi connectivity index (χ0n) is 9.45. The van der Waals surface area contributed by atoms with Gasteiger partial charge in [-0.3, -0.25) is 4.68 Å². The second-order valence-electron chi connectivity index (χ2n) is 3.83. The van der Waals surface area contributed by atoms with Crippen LogP contribution >= 0.6 is 38.5 Å². The van der Waals surface area contributed by atoms with E-state index < -0.39 is 0 Å². The number of hydrogen-bond acceptors (Lipinski definition) is 2. The molecule has 2 rings (SSSR count). The lowest BCUT2D eigenvalue weighted by molar-refractivity contribution is 0.767. The van der Waals surface area contributed by atoms with Gasteiger partial charge in [0.05, 0.1) is 6.20 Å². The van der Waals surface area contributed by atoms with Gasteiger partial charge in [0, 0.05) is 33.5 Å². The minimum absolute atomic E-state index is 0.915. The van der Waals surface area contributed by atoms with Crippen molar-refractivity contribution >= 4 is 44.2 Å².